The number of halogens is 1. The van der Waals surface area contributed by atoms with Crippen LogP contribution in [0.3, 0.4) is 0 Å². The van der Waals surface area contributed by atoms with Crippen molar-refractivity contribution in [3.8, 4) is 0 Å². The monoisotopic (exact) mass is 110 g/mol. The number of alkyl halides is 1. The molecule has 0 aromatic carbocycles. The van der Waals surface area contributed by atoms with Crippen molar-refractivity contribution in [3.63, 3.8) is 0 Å². The number of pyridine rings is 1. The molecule has 0 aliphatic rings. The minimum absolute atomic E-state index is 0.443. The Morgan fingerprint density at radius 1 is 1.75 bits per heavy atom. The van der Waals surface area contributed by atoms with Crippen molar-refractivity contribution in [2.24, 2.45) is 0 Å². The summed E-state index contributed by atoms with van der Waals surface area (Å²) >= 11 is 0. The second-order valence-electron chi connectivity index (χ2n) is 1.43. The summed E-state index contributed by atoms with van der Waals surface area (Å²) < 4.78 is 11.7. The Labute approximate surface area is 47.2 Å². The Morgan fingerprint density at radius 2 is 2.62 bits per heavy atom. The average Bonchev–Trinajstić information content (AvgIpc) is 1.90. The van der Waals surface area contributed by atoms with Crippen LogP contribution < -0.4 is 0 Å². The minimum Gasteiger partial charge on any atom is -0.254 e. The zero-order valence-corrected chi connectivity index (χ0v) is 4.26. The molecule has 1 rings (SSSR count). The maximum absolute atomic E-state index is 11.7. The molecule has 1 aromatic heterocycles. The highest BCUT2D eigenvalue weighted by molar-refractivity contribution is 5.05. The normalized spacial score (nSPS) is 9.12. The first-order valence-corrected chi connectivity index (χ1v) is 2.30. The van der Waals surface area contributed by atoms with E-state index in [0.29, 0.717) is 5.56 Å². The first kappa shape index (κ1) is 5.22. The summed E-state index contributed by atoms with van der Waals surface area (Å²) in [5, 5.41) is 0. The molecule has 0 bridgehead atoms. The molecule has 1 aromatic rings. The van der Waals surface area contributed by atoms with Crippen LogP contribution in [0.2, 0.25) is 0 Å². The largest absolute Gasteiger partial charge is 0.254 e. The summed E-state index contributed by atoms with van der Waals surface area (Å²) in [6.45, 7) is -0.443. The lowest BCUT2D eigenvalue weighted by Crippen LogP contribution is -1.77. The van der Waals surface area contributed by atoms with Gasteiger partial charge in [0.25, 0.3) is 0 Å². The van der Waals surface area contributed by atoms with Gasteiger partial charge in [0.1, 0.15) is 6.67 Å². The molecular weight excluding hydrogens is 105 g/mol. The van der Waals surface area contributed by atoms with E-state index in [4.69, 9.17) is 0 Å². The van der Waals surface area contributed by atoms with Crippen molar-refractivity contribution < 1.29 is 4.39 Å². The molecule has 1 nitrogen and oxygen atoms in total. The zero-order chi connectivity index (χ0) is 5.82. The lowest BCUT2D eigenvalue weighted by Gasteiger charge is -1.86. The van der Waals surface area contributed by atoms with Crippen molar-refractivity contribution in [1.29, 1.82) is 0 Å². The van der Waals surface area contributed by atoms with Crippen molar-refractivity contribution in [2.75, 3.05) is 0 Å². The Morgan fingerprint density at radius 3 is 3.00 bits per heavy atom. The third-order valence-electron chi connectivity index (χ3n) is 0.831. The smallest absolute Gasteiger partial charge is 0.116 e. The summed E-state index contributed by atoms with van der Waals surface area (Å²) in [5.41, 5.74) is 0.601. The van der Waals surface area contributed by atoms with Gasteiger partial charge in [-0.25, -0.2) is 4.39 Å². The topological polar surface area (TPSA) is 12.9 Å². The third-order valence-corrected chi connectivity index (χ3v) is 0.831. The summed E-state index contributed by atoms with van der Waals surface area (Å²) in [4.78, 5) is 3.59. The number of hydrogen-bond donors (Lipinski definition) is 0. The SMILES string of the molecule is FCc1cc[c]nc1. The van der Waals surface area contributed by atoms with Crippen LogP contribution in [0.1, 0.15) is 5.56 Å². The number of hydrogen-bond acceptors (Lipinski definition) is 1. The van der Waals surface area contributed by atoms with Gasteiger partial charge in [-0.3, -0.25) is 4.98 Å². The van der Waals surface area contributed by atoms with Crippen molar-refractivity contribution >= 4 is 0 Å². The van der Waals surface area contributed by atoms with Gasteiger partial charge < -0.3 is 0 Å². The molecule has 0 spiro atoms. The first-order valence-electron chi connectivity index (χ1n) is 2.30. The highest BCUT2D eigenvalue weighted by Gasteiger charge is 1.84. The second kappa shape index (κ2) is 2.40. The van der Waals surface area contributed by atoms with Crippen LogP contribution in [0.25, 0.3) is 0 Å². The van der Waals surface area contributed by atoms with Gasteiger partial charge in [0.15, 0.2) is 0 Å². The van der Waals surface area contributed by atoms with Gasteiger partial charge in [-0.15, -0.1) is 0 Å². The molecule has 2 heteroatoms. The molecule has 0 amide bonds. The van der Waals surface area contributed by atoms with E-state index in [1.165, 1.54) is 6.20 Å². The molecule has 0 unspecified atom stereocenters. The van der Waals surface area contributed by atoms with Crippen LogP contribution in [0.15, 0.2) is 18.3 Å². The highest BCUT2D eigenvalue weighted by atomic mass is 19.1. The van der Waals surface area contributed by atoms with E-state index in [1.807, 2.05) is 0 Å². The van der Waals surface area contributed by atoms with Crippen LogP contribution in [-0.2, 0) is 6.67 Å². The predicted octanol–water partition coefficient (Wildman–Crippen LogP) is 1.35. The van der Waals surface area contributed by atoms with Crippen LogP contribution in [0.4, 0.5) is 4.39 Å². The fourth-order valence-corrected chi connectivity index (χ4v) is 0.430. The highest BCUT2D eigenvalue weighted by Crippen LogP contribution is 1.95. The maximum Gasteiger partial charge on any atom is 0.116 e. The van der Waals surface area contributed by atoms with E-state index < -0.39 is 6.67 Å². The van der Waals surface area contributed by atoms with Crippen molar-refractivity contribution in [2.45, 2.75) is 6.67 Å². The Kier molecular flexibility index (Phi) is 1.57. The Balaban J connectivity index is 2.83. The van der Waals surface area contributed by atoms with Gasteiger partial charge in [0.05, 0.1) is 6.20 Å². The van der Waals surface area contributed by atoms with Crippen molar-refractivity contribution in [3.05, 3.63) is 30.1 Å². The average molecular weight is 110 g/mol. The number of nitrogens with zero attached hydrogens (tertiary/aromatic N) is 1. The Bertz CT molecular complexity index is 150. The maximum atomic E-state index is 11.7. The minimum atomic E-state index is -0.443. The summed E-state index contributed by atoms with van der Waals surface area (Å²) in [7, 11) is 0. The lowest BCUT2D eigenvalue weighted by molar-refractivity contribution is 0.484. The van der Waals surface area contributed by atoms with Gasteiger partial charge in [-0.1, -0.05) is 6.07 Å². The summed E-state index contributed by atoms with van der Waals surface area (Å²) in [6.07, 6.45) is 4.01. The third kappa shape index (κ3) is 1.03. The lowest BCUT2D eigenvalue weighted by atomic mass is 10.3. The van der Waals surface area contributed by atoms with E-state index in [-0.39, 0.29) is 0 Å². The van der Waals surface area contributed by atoms with Crippen molar-refractivity contribution in [1.82, 2.24) is 4.98 Å². The van der Waals surface area contributed by atoms with Gasteiger partial charge in [0, 0.05) is 11.8 Å². The molecule has 0 aliphatic carbocycles. The molecule has 0 saturated carbocycles. The fraction of sp³-hybridized carbons (Fsp3) is 0.167. The van der Waals surface area contributed by atoms with E-state index in [1.54, 1.807) is 12.1 Å². The van der Waals surface area contributed by atoms with Gasteiger partial charge in [-0.2, -0.15) is 0 Å². The van der Waals surface area contributed by atoms with Crippen LogP contribution in [0.5, 0.6) is 0 Å². The zero-order valence-electron chi connectivity index (χ0n) is 4.26. The van der Waals surface area contributed by atoms with Gasteiger partial charge in [0.2, 0.25) is 0 Å². The molecule has 0 fully saturated rings. The molecule has 41 valence electrons. The molecule has 0 saturated heterocycles. The van der Waals surface area contributed by atoms with Crippen LogP contribution >= 0.6 is 0 Å². The standard InChI is InChI=1S/C6H5FN/c7-4-6-2-1-3-8-5-6/h1-2,5H,4H2. The number of rotatable bonds is 1. The van der Waals surface area contributed by atoms with E-state index >= 15 is 0 Å². The molecule has 1 radical (unpaired) electrons. The van der Waals surface area contributed by atoms with Crippen LogP contribution in [0, 0.1) is 6.20 Å². The first-order chi connectivity index (χ1) is 3.93. The second-order valence-corrected chi connectivity index (χ2v) is 1.43. The van der Waals surface area contributed by atoms with Gasteiger partial charge in [-0.05, 0) is 6.07 Å². The quantitative estimate of drug-likeness (QED) is 0.531. The van der Waals surface area contributed by atoms with E-state index in [2.05, 4.69) is 11.2 Å². The van der Waals surface area contributed by atoms with E-state index in [0.717, 1.165) is 0 Å². The summed E-state index contributed by atoms with van der Waals surface area (Å²) in [6, 6.07) is 3.24. The van der Waals surface area contributed by atoms with Gasteiger partial charge >= 0.3 is 0 Å². The molecule has 0 aliphatic heterocycles. The predicted molar refractivity (Wildman–Crippen MR) is 27.9 cm³/mol. The number of aromatic nitrogens is 1. The molecular formula is C6H5FN. The summed E-state index contributed by atoms with van der Waals surface area (Å²) in [5.74, 6) is 0. The van der Waals surface area contributed by atoms with Crippen LogP contribution in [-0.4, -0.2) is 4.98 Å². The molecule has 8 heavy (non-hydrogen) atoms. The molecule has 0 N–H and O–H groups in total. The Hall–Kier alpha value is -0.920. The molecule has 0 atom stereocenters. The molecule has 1 heterocycles. The van der Waals surface area contributed by atoms with E-state index in [9.17, 15) is 4.39 Å². The fourth-order valence-electron chi connectivity index (χ4n) is 0.430.